The Morgan fingerprint density at radius 1 is 1.26 bits per heavy atom. The summed E-state index contributed by atoms with van der Waals surface area (Å²) in [6, 6.07) is 3.89. The molecule has 0 saturated carbocycles. The van der Waals surface area contributed by atoms with Crippen LogP contribution in [0, 0.1) is 6.92 Å². The van der Waals surface area contributed by atoms with Gasteiger partial charge in [0.15, 0.2) is 6.79 Å². The molecule has 4 nitrogen and oxygen atoms in total. The average Bonchev–Trinajstić information content (AvgIpc) is 3.00. The Kier molecular flexibility index (Phi) is 4.18. The summed E-state index contributed by atoms with van der Waals surface area (Å²) >= 11 is 7.98. The van der Waals surface area contributed by atoms with Crippen molar-refractivity contribution in [1.82, 2.24) is 9.97 Å². The molecule has 2 heterocycles. The summed E-state index contributed by atoms with van der Waals surface area (Å²) in [5.41, 5.74) is 4.66. The van der Waals surface area contributed by atoms with E-state index in [0.29, 0.717) is 13.4 Å². The lowest BCUT2D eigenvalue weighted by Crippen LogP contribution is -2.13. The molecular formula is C17H17ClN2O2S. The number of ether oxygens (including phenoxy) is 2. The molecule has 4 rings (SSSR count). The van der Waals surface area contributed by atoms with Crippen LogP contribution >= 0.6 is 23.4 Å². The number of hydrogen-bond acceptors (Lipinski definition) is 5. The third kappa shape index (κ3) is 3.05. The van der Waals surface area contributed by atoms with Crippen LogP contribution in [0.15, 0.2) is 17.2 Å². The molecule has 0 fully saturated rings. The van der Waals surface area contributed by atoms with E-state index in [2.05, 4.69) is 9.97 Å². The lowest BCUT2D eigenvalue weighted by molar-refractivity contribution is -0.0168. The van der Waals surface area contributed by atoms with Crippen LogP contribution in [0.1, 0.15) is 34.6 Å². The predicted octanol–water partition coefficient (Wildman–Crippen LogP) is 4.09. The minimum atomic E-state index is 0.300. The lowest BCUT2D eigenvalue weighted by Gasteiger charge is -2.21. The molecule has 0 saturated heterocycles. The smallest absolute Gasteiger partial charge is 0.189 e. The van der Waals surface area contributed by atoms with Crippen molar-refractivity contribution in [2.75, 3.05) is 6.79 Å². The van der Waals surface area contributed by atoms with Crippen molar-refractivity contribution in [1.29, 1.82) is 0 Å². The molecule has 0 N–H and O–H groups in total. The van der Waals surface area contributed by atoms with Crippen molar-refractivity contribution in [2.24, 2.45) is 0 Å². The Balaban J connectivity index is 1.62. The summed E-state index contributed by atoms with van der Waals surface area (Å²) in [4.78, 5) is 9.21. The summed E-state index contributed by atoms with van der Waals surface area (Å²) in [5.74, 6) is 2.55. The molecule has 0 spiro atoms. The van der Waals surface area contributed by atoms with E-state index in [1.807, 2.05) is 19.1 Å². The number of aromatic nitrogens is 2. The Morgan fingerprint density at radius 3 is 3.09 bits per heavy atom. The van der Waals surface area contributed by atoms with Crippen molar-refractivity contribution in [3.63, 3.8) is 0 Å². The fraction of sp³-hybridized carbons (Fsp3) is 0.412. The molecule has 1 aromatic heterocycles. The van der Waals surface area contributed by atoms with Crippen LogP contribution in [-0.2, 0) is 29.9 Å². The number of benzene rings is 1. The van der Waals surface area contributed by atoms with E-state index < -0.39 is 0 Å². The van der Waals surface area contributed by atoms with Crippen molar-refractivity contribution in [2.45, 2.75) is 43.6 Å². The molecule has 0 unspecified atom stereocenters. The van der Waals surface area contributed by atoms with Gasteiger partial charge < -0.3 is 9.47 Å². The van der Waals surface area contributed by atoms with Crippen LogP contribution in [0.2, 0.25) is 5.02 Å². The first-order valence-corrected chi connectivity index (χ1v) is 9.08. The number of aryl methyl sites for hydroxylation is 2. The van der Waals surface area contributed by atoms with E-state index >= 15 is 0 Å². The van der Waals surface area contributed by atoms with E-state index in [9.17, 15) is 0 Å². The number of rotatable bonds is 3. The number of nitrogens with zero attached hydrogens (tertiary/aromatic N) is 2. The highest BCUT2D eigenvalue weighted by atomic mass is 35.5. The molecule has 1 aliphatic heterocycles. The quantitative estimate of drug-likeness (QED) is 0.617. The maximum absolute atomic E-state index is 6.24. The Morgan fingerprint density at radius 2 is 2.17 bits per heavy atom. The van der Waals surface area contributed by atoms with E-state index in [1.54, 1.807) is 11.8 Å². The van der Waals surface area contributed by atoms with Gasteiger partial charge in [-0.15, -0.1) is 11.8 Å². The molecule has 0 bridgehead atoms. The maximum Gasteiger partial charge on any atom is 0.189 e. The number of halogens is 1. The lowest BCUT2D eigenvalue weighted by atomic mass is 10.1. The molecular weight excluding hydrogens is 332 g/mol. The van der Waals surface area contributed by atoms with Gasteiger partial charge in [-0.05, 0) is 38.3 Å². The third-order valence-electron chi connectivity index (χ3n) is 4.12. The van der Waals surface area contributed by atoms with Crippen LogP contribution in [0.3, 0.4) is 0 Å². The molecule has 6 heteroatoms. The van der Waals surface area contributed by atoms with Crippen molar-refractivity contribution in [3.05, 3.63) is 45.4 Å². The first-order valence-electron chi connectivity index (χ1n) is 7.72. The molecule has 1 aromatic carbocycles. The number of thioether (sulfide) groups is 1. The summed E-state index contributed by atoms with van der Waals surface area (Å²) in [6.07, 6.45) is 3.32. The molecule has 1 aliphatic carbocycles. The van der Waals surface area contributed by atoms with E-state index in [0.717, 1.165) is 51.3 Å². The highest BCUT2D eigenvalue weighted by Crippen LogP contribution is 2.37. The van der Waals surface area contributed by atoms with Crippen LogP contribution in [0.25, 0.3) is 0 Å². The zero-order valence-electron chi connectivity index (χ0n) is 12.9. The van der Waals surface area contributed by atoms with Crippen LogP contribution in [0.4, 0.5) is 0 Å². The average molecular weight is 349 g/mol. The molecule has 23 heavy (non-hydrogen) atoms. The molecule has 0 atom stereocenters. The molecule has 2 aromatic rings. The Bertz CT molecular complexity index is 767. The van der Waals surface area contributed by atoms with Crippen LogP contribution < -0.4 is 4.74 Å². The number of hydrogen-bond donors (Lipinski definition) is 0. The first kappa shape index (κ1) is 15.2. The second-order valence-corrected chi connectivity index (χ2v) is 7.21. The second kappa shape index (κ2) is 6.30. The molecule has 120 valence electrons. The second-order valence-electron chi connectivity index (χ2n) is 5.81. The fourth-order valence-electron chi connectivity index (χ4n) is 3.15. The van der Waals surface area contributed by atoms with Gasteiger partial charge in [0, 0.05) is 33.2 Å². The predicted molar refractivity (Wildman–Crippen MR) is 90.1 cm³/mol. The van der Waals surface area contributed by atoms with E-state index in [-0.39, 0.29) is 0 Å². The highest BCUT2D eigenvalue weighted by Gasteiger charge is 2.21. The van der Waals surface area contributed by atoms with Gasteiger partial charge >= 0.3 is 0 Å². The van der Waals surface area contributed by atoms with Crippen LogP contribution in [0.5, 0.6) is 5.75 Å². The molecule has 0 amide bonds. The standard InChI is InChI=1S/C17H17ClN2O2S/c1-10-19-15-4-2-3-14(15)17(20-10)23-8-12-6-13(18)5-11-7-21-9-22-16(11)12/h5-6H,2-4,7-9H2,1H3. The van der Waals surface area contributed by atoms with Gasteiger partial charge in [-0.3, -0.25) is 0 Å². The largest absolute Gasteiger partial charge is 0.467 e. The maximum atomic E-state index is 6.24. The monoisotopic (exact) mass is 348 g/mol. The number of fused-ring (bicyclic) bond motifs is 2. The van der Waals surface area contributed by atoms with Gasteiger partial charge in [0.05, 0.1) is 6.61 Å². The minimum Gasteiger partial charge on any atom is -0.467 e. The normalized spacial score (nSPS) is 15.9. The van der Waals surface area contributed by atoms with E-state index in [4.69, 9.17) is 21.1 Å². The van der Waals surface area contributed by atoms with Crippen molar-refractivity contribution < 1.29 is 9.47 Å². The fourth-order valence-corrected chi connectivity index (χ4v) is 4.51. The topological polar surface area (TPSA) is 44.2 Å². The summed E-state index contributed by atoms with van der Waals surface area (Å²) in [6.45, 7) is 2.81. The third-order valence-corrected chi connectivity index (χ3v) is 5.41. The van der Waals surface area contributed by atoms with Gasteiger partial charge in [-0.2, -0.15) is 0 Å². The SMILES string of the molecule is Cc1nc2c(c(SCc3cc(Cl)cc4c3OCOC4)n1)CCC2. The minimum absolute atomic E-state index is 0.300. The van der Waals surface area contributed by atoms with Gasteiger partial charge in [0.1, 0.15) is 16.6 Å². The zero-order valence-corrected chi connectivity index (χ0v) is 14.5. The Hall–Kier alpha value is -1.30. The highest BCUT2D eigenvalue weighted by molar-refractivity contribution is 7.98. The van der Waals surface area contributed by atoms with Crippen molar-refractivity contribution in [3.8, 4) is 5.75 Å². The molecule has 0 radical (unpaired) electrons. The van der Waals surface area contributed by atoms with Gasteiger partial charge in [0.25, 0.3) is 0 Å². The molecule has 2 aliphatic rings. The van der Waals surface area contributed by atoms with E-state index in [1.165, 1.54) is 17.7 Å². The van der Waals surface area contributed by atoms with Gasteiger partial charge in [-0.25, -0.2) is 9.97 Å². The van der Waals surface area contributed by atoms with Crippen LogP contribution in [-0.4, -0.2) is 16.8 Å². The Labute approximate surface area is 144 Å². The first-order chi connectivity index (χ1) is 11.2. The van der Waals surface area contributed by atoms with Gasteiger partial charge in [0.2, 0.25) is 0 Å². The van der Waals surface area contributed by atoms with Crippen molar-refractivity contribution >= 4 is 23.4 Å². The summed E-state index contributed by atoms with van der Waals surface area (Å²) < 4.78 is 11.0. The zero-order chi connectivity index (χ0) is 15.8. The summed E-state index contributed by atoms with van der Waals surface area (Å²) in [7, 11) is 0. The van der Waals surface area contributed by atoms with Gasteiger partial charge in [-0.1, -0.05) is 11.6 Å². The summed E-state index contributed by atoms with van der Waals surface area (Å²) in [5, 5.41) is 1.82.